The van der Waals surface area contributed by atoms with Crippen molar-refractivity contribution >= 4 is 5.78 Å². The van der Waals surface area contributed by atoms with Crippen molar-refractivity contribution in [2.75, 3.05) is 6.61 Å². The van der Waals surface area contributed by atoms with Gasteiger partial charge in [-0.2, -0.15) is 0 Å². The lowest BCUT2D eigenvalue weighted by Gasteiger charge is -2.09. The van der Waals surface area contributed by atoms with Crippen molar-refractivity contribution in [1.29, 1.82) is 0 Å². The number of rotatable bonds is 7. The Labute approximate surface area is 152 Å². The standard InChI is InChI=1S/C22H19FO3/c1-16-13-18(7-12-21(16)23)22(24)15-26-20-10-8-19(9-11-20)25-14-17-5-3-2-4-6-17/h2-13H,14-15H2,1H3. The Morgan fingerprint density at radius 2 is 1.54 bits per heavy atom. The van der Waals surface area contributed by atoms with Gasteiger partial charge in [0, 0.05) is 5.56 Å². The van der Waals surface area contributed by atoms with Crippen LogP contribution in [0.15, 0.2) is 72.8 Å². The fraction of sp³-hybridized carbons (Fsp3) is 0.136. The van der Waals surface area contributed by atoms with Crippen molar-refractivity contribution in [2.45, 2.75) is 13.5 Å². The van der Waals surface area contributed by atoms with Gasteiger partial charge in [0.1, 0.15) is 23.9 Å². The fourth-order valence-corrected chi connectivity index (χ4v) is 2.42. The summed E-state index contributed by atoms with van der Waals surface area (Å²) in [7, 11) is 0. The molecule has 132 valence electrons. The molecule has 0 radical (unpaired) electrons. The van der Waals surface area contributed by atoms with Crippen LogP contribution >= 0.6 is 0 Å². The highest BCUT2D eigenvalue weighted by atomic mass is 19.1. The second-order valence-corrected chi connectivity index (χ2v) is 5.92. The molecule has 0 aliphatic heterocycles. The monoisotopic (exact) mass is 350 g/mol. The van der Waals surface area contributed by atoms with E-state index in [2.05, 4.69) is 0 Å². The predicted octanol–water partition coefficient (Wildman–Crippen LogP) is 4.97. The number of aryl methyl sites for hydroxylation is 1. The van der Waals surface area contributed by atoms with Gasteiger partial charge in [0.15, 0.2) is 12.4 Å². The second kappa shape index (κ2) is 8.30. The molecule has 0 unspecified atom stereocenters. The lowest BCUT2D eigenvalue weighted by Crippen LogP contribution is -2.12. The third-order valence-corrected chi connectivity index (χ3v) is 3.92. The molecule has 3 rings (SSSR count). The Morgan fingerprint density at radius 3 is 2.19 bits per heavy atom. The van der Waals surface area contributed by atoms with Gasteiger partial charge >= 0.3 is 0 Å². The number of ketones is 1. The molecule has 26 heavy (non-hydrogen) atoms. The summed E-state index contributed by atoms with van der Waals surface area (Å²) in [4.78, 5) is 12.1. The molecular weight excluding hydrogens is 331 g/mol. The average molecular weight is 350 g/mol. The highest BCUT2D eigenvalue weighted by Crippen LogP contribution is 2.19. The van der Waals surface area contributed by atoms with Gasteiger partial charge in [0.25, 0.3) is 0 Å². The van der Waals surface area contributed by atoms with Crippen LogP contribution in [0.25, 0.3) is 0 Å². The summed E-state index contributed by atoms with van der Waals surface area (Å²) in [5.41, 5.74) is 1.97. The van der Waals surface area contributed by atoms with Crippen LogP contribution in [0.2, 0.25) is 0 Å². The maximum Gasteiger partial charge on any atom is 0.200 e. The maximum atomic E-state index is 13.3. The molecule has 3 aromatic carbocycles. The molecule has 0 aliphatic rings. The third kappa shape index (κ3) is 4.70. The van der Waals surface area contributed by atoms with Crippen LogP contribution in [0, 0.1) is 12.7 Å². The van der Waals surface area contributed by atoms with Gasteiger partial charge in [0.2, 0.25) is 0 Å². The quantitative estimate of drug-likeness (QED) is 0.564. The van der Waals surface area contributed by atoms with Crippen LogP contribution < -0.4 is 9.47 Å². The zero-order valence-corrected chi connectivity index (χ0v) is 14.4. The summed E-state index contributed by atoms with van der Waals surface area (Å²) >= 11 is 0. The maximum absolute atomic E-state index is 13.3. The molecule has 0 saturated carbocycles. The fourth-order valence-electron chi connectivity index (χ4n) is 2.42. The second-order valence-electron chi connectivity index (χ2n) is 5.92. The number of benzene rings is 3. The molecule has 0 bridgehead atoms. The van der Waals surface area contributed by atoms with E-state index in [1.54, 1.807) is 31.2 Å². The smallest absolute Gasteiger partial charge is 0.200 e. The summed E-state index contributed by atoms with van der Waals surface area (Å²) < 4.78 is 24.5. The number of ether oxygens (including phenoxy) is 2. The minimum atomic E-state index is -0.325. The Morgan fingerprint density at radius 1 is 0.885 bits per heavy atom. The SMILES string of the molecule is Cc1cc(C(=O)COc2ccc(OCc3ccccc3)cc2)ccc1F. The van der Waals surface area contributed by atoms with E-state index >= 15 is 0 Å². The number of hydrogen-bond acceptors (Lipinski definition) is 3. The van der Waals surface area contributed by atoms with Crippen LogP contribution in [0.5, 0.6) is 11.5 Å². The van der Waals surface area contributed by atoms with Crippen LogP contribution in [0.4, 0.5) is 4.39 Å². The van der Waals surface area contributed by atoms with Gasteiger partial charge in [-0.05, 0) is 60.5 Å². The summed E-state index contributed by atoms with van der Waals surface area (Å²) in [5.74, 6) is 0.775. The van der Waals surface area contributed by atoms with Crippen LogP contribution in [0.3, 0.4) is 0 Å². The Kier molecular flexibility index (Phi) is 5.64. The van der Waals surface area contributed by atoms with E-state index in [1.165, 1.54) is 18.2 Å². The molecule has 0 atom stereocenters. The zero-order valence-electron chi connectivity index (χ0n) is 14.4. The number of Topliss-reactive ketones (excluding diaryl/α,β-unsaturated/α-hetero) is 1. The normalized spacial score (nSPS) is 10.4. The minimum absolute atomic E-state index is 0.102. The Hall–Kier alpha value is -3.14. The molecule has 0 saturated heterocycles. The summed E-state index contributed by atoms with van der Waals surface area (Å²) in [6.45, 7) is 2.01. The van der Waals surface area contributed by atoms with Gasteiger partial charge < -0.3 is 9.47 Å². The molecule has 0 spiro atoms. The number of hydrogen-bond donors (Lipinski definition) is 0. The van der Waals surface area contributed by atoms with Crippen LogP contribution in [-0.4, -0.2) is 12.4 Å². The van der Waals surface area contributed by atoms with Gasteiger partial charge in [-0.25, -0.2) is 4.39 Å². The minimum Gasteiger partial charge on any atom is -0.489 e. The van der Waals surface area contributed by atoms with E-state index in [0.717, 1.165) is 11.3 Å². The predicted molar refractivity (Wildman–Crippen MR) is 98.2 cm³/mol. The van der Waals surface area contributed by atoms with E-state index in [4.69, 9.17) is 9.47 Å². The van der Waals surface area contributed by atoms with Crippen molar-refractivity contribution in [2.24, 2.45) is 0 Å². The molecule has 4 heteroatoms. The van der Waals surface area contributed by atoms with Crippen molar-refractivity contribution in [3.05, 3.63) is 95.3 Å². The van der Waals surface area contributed by atoms with Crippen LogP contribution in [-0.2, 0) is 6.61 Å². The van der Waals surface area contributed by atoms with Crippen molar-refractivity contribution < 1.29 is 18.7 Å². The lowest BCUT2D eigenvalue weighted by molar-refractivity contribution is 0.0921. The molecular formula is C22H19FO3. The van der Waals surface area contributed by atoms with Gasteiger partial charge in [-0.15, -0.1) is 0 Å². The van der Waals surface area contributed by atoms with E-state index in [-0.39, 0.29) is 18.2 Å². The Bertz CT molecular complexity index is 874. The molecule has 0 aliphatic carbocycles. The van der Waals surface area contributed by atoms with Gasteiger partial charge in [-0.1, -0.05) is 30.3 Å². The summed E-state index contributed by atoms with van der Waals surface area (Å²) in [6, 6.07) is 21.3. The highest BCUT2D eigenvalue weighted by molar-refractivity contribution is 5.97. The third-order valence-electron chi connectivity index (χ3n) is 3.92. The van der Waals surface area contributed by atoms with Gasteiger partial charge in [0.05, 0.1) is 0 Å². The average Bonchev–Trinajstić information content (AvgIpc) is 2.68. The molecule has 0 N–H and O–H groups in total. The molecule has 0 aromatic heterocycles. The highest BCUT2D eigenvalue weighted by Gasteiger charge is 2.09. The van der Waals surface area contributed by atoms with Crippen molar-refractivity contribution in [3.63, 3.8) is 0 Å². The topological polar surface area (TPSA) is 35.5 Å². The first-order valence-corrected chi connectivity index (χ1v) is 8.31. The molecule has 0 amide bonds. The first-order valence-electron chi connectivity index (χ1n) is 8.31. The first-order chi connectivity index (χ1) is 12.6. The van der Waals surface area contributed by atoms with E-state index in [0.29, 0.717) is 23.5 Å². The summed E-state index contributed by atoms with van der Waals surface area (Å²) in [6.07, 6.45) is 0. The Balaban J connectivity index is 1.52. The van der Waals surface area contributed by atoms with E-state index in [1.807, 2.05) is 30.3 Å². The zero-order chi connectivity index (χ0) is 18.4. The van der Waals surface area contributed by atoms with Gasteiger partial charge in [-0.3, -0.25) is 4.79 Å². The van der Waals surface area contributed by atoms with E-state index in [9.17, 15) is 9.18 Å². The van der Waals surface area contributed by atoms with Crippen molar-refractivity contribution in [3.8, 4) is 11.5 Å². The van der Waals surface area contributed by atoms with Crippen molar-refractivity contribution in [1.82, 2.24) is 0 Å². The van der Waals surface area contributed by atoms with Crippen LogP contribution in [0.1, 0.15) is 21.5 Å². The molecule has 3 nitrogen and oxygen atoms in total. The molecule has 0 fully saturated rings. The summed E-state index contributed by atoms with van der Waals surface area (Å²) in [5, 5.41) is 0. The number of carbonyl (C=O) groups is 1. The first kappa shape index (κ1) is 17.7. The number of halogens is 1. The molecule has 0 heterocycles. The lowest BCUT2D eigenvalue weighted by atomic mass is 10.1. The molecule has 3 aromatic rings. The number of carbonyl (C=O) groups excluding carboxylic acids is 1. The largest absolute Gasteiger partial charge is 0.489 e. The van der Waals surface area contributed by atoms with E-state index < -0.39 is 0 Å².